The Kier molecular flexibility index (Phi) is 3.38. The Bertz CT molecular complexity index is 589. The molecule has 0 unspecified atom stereocenters. The molecule has 0 saturated carbocycles. The molecule has 0 aliphatic rings. The second-order valence-electron chi connectivity index (χ2n) is 3.54. The Hall–Kier alpha value is -2.22. The molecular formula is C10H10N4O3S. The number of nitrogens with zero attached hydrogens (tertiary/aromatic N) is 3. The molecule has 2 rings (SSSR count). The quantitative estimate of drug-likeness (QED) is 0.820. The maximum atomic E-state index is 11.1. The number of hydrogen-bond donors (Lipinski definition) is 2. The van der Waals surface area contributed by atoms with E-state index >= 15 is 0 Å². The van der Waals surface area contributed by atoms with Gasteiger partial charge >= 0.3 is 6.09 Å². The molecule has 0 atom stereocenters. The highest BCUT2D eigenvalue weighted by molar-refractivity contribution is 7.13. The number of carbonyl (C=O) groups is 2. The molecule has 0 aliphatic heterocycles. The van der Waals surface area contributed by atoms with Gasteiger partial charge in [0.2, 0.25) is 0 Å². The zero-order chi connectivity index (χ0) is 13.1. The number of Topliss-reactive ketones (excluding diaryl/α,β-unsaturated/α-hetero) is 1. The second kappa shape index (κ2) is 4.96. The summed E-state index contributed by atoms with van der Waals surface area (Å²) in [6.45, 7) is 1.91. The van der Waals surface area contributed by atoms with E-state index in [1.807, 2.05) is 0 Å². The minimum absolute atomic E-state index is 0.0695. The summed E-state index contributed by atoms with van der Waals surface area (Å²) in [6, 6.07) is 0. The third-order valence-electron chi connectivity index (χ3n) is 2.06. The summed E-state index contributed by atoms with van der Waals surface area (Å²) >= 11 is 1.30. The van der Waals surface area contributed by atoms with Gasteiger partial charge in [-0.3, -0.25) is 14.8 Å². The van der Waals surface area contributed by atoms with Gasteiger partial charge < -0.3 is 5.11 Å². The molecule has 0 aliphatic carbocycles. The Labute approximate surface area is 106 Å². The number of amides is 1. The number of carboxylic acid groups (broad SMARTS) is 1. The number of ketones is 1. The fourth-order valence-electron chi connectivity index (χ4n) is 1.34. The number of thiazole rings is 1. The van der Waals surface area contributed by atoms with E-state index in [1.54, 1.807) is 17.1 Å². The summed E-state index contributed by atoms with van der Waals surface area (Å²) < 4.78 is 1.57. The molecule has 1 amide bonds. The molecule has 0 radical (unpaired) electrons. The van der Waals surface area contributed by atoms with Crippen LogP contribution in [0.2, 0.25) is 0 Å². The molecule has 0 fully saturated rings. The van der Waals surface area contributed by atoms with Gasteiger partial charge in [-0.1, -0.05) is 0 Å². The first kappa shape index (κ1) is 12.2. The predicted octanol–water partition coefficient (Wildman–Crippen LogP) is 1.68. The number of carbonyl (C=O) groups excluding carboxylic acids is 1. The second-order valence-corrected chi connectivity index (χ2v) is 4.66. The molecule has 2 heterocycles. The SMILES string of the molecule is CC(=O)c1ncc(Cn2cc(NC(=O)O)cn2)s1. The molecule has 0 saturated heterocycles. The fraction of sp³-hybridized carbons (Fsp3) is 0.200. The molecule has 0 spiro atoms. The maximum absolute atomic E-state index is 11.1. The smallest absolute Gasteiger partial charge is 0.409 e. The molecular weight excluding hydrogens is 256 g/mol. The summed E-state index contributed by atoms with van der Waals surface area (Å²) in [7, 11) is 0. The van der Waals surface area contributed by atoms with Gasteiger partial charge in [-0.2, -0.15) is 5.10 Å². The summed E-state index contributed by atoms with van der Waals surface area (Å²) in [5.74, 6) is -0.0695. The van der Waals surface area contributed by atoms with E-state index in [9.17, 15) is 9.59 Å². The summed E-state index contributed by atoms with van der Waals surface area (Å²) in [5, 5.41) is 15.2. The Morgan fingerprint density at radius 3 is 2.89 bits per heavy atom. The van der Waals surface area contributed by atoms with Gasteiger partial charge in [-0.05, 0) is 0 Å². The van der Waals surface area contributed by atoms with E-state index in [4.69, 9.17) is 5.11 Å². The van der Waals surface area contributed by atoms with Crippen LogP contribution in [0.25, 0.3) is 0 Å². The van der Waals surface area contributed by atoms with Crippen molar-refractivity contribution in [2.24, 2.45) is 0 Å². The van der Waals surface area contributed by atoms with Crippen molar-refractivity contribution in [2.75, 3.05) is 5.32 Å². The summed E-state index contributed by atoms with van der Waals surface area (Å²) in [6.07, 6.45) is 3.47. The maximum Gasteiger partial charge on any atom is 0.409 e. The fourth-order valence-corrected chi connectivity index (χ4v) is 2.14. The first-order chi connectivity index (χ1) is 8.54. The zero-order valence-electron chi connectivity index (χ0n) is 9.45. The van der Waals surface area contributed by atoms with Crippen LogP contribution in [0.4, 0.5) is 10.5 Å². The van der Waals surface area contributed by atoms with E-state index in [-0.39, 0.29) is 5.78 Å². The molecule has 2 aromatic rings. The largest absolute Gasteiger partial charge is 0.465 e. The number of nitrogens with one attached hydrogen (secondary N) is 1. The van der Waals surface area contributed by atoms with Crippen molar-refractivity contribution in [2.45, 2.75) is 13.5 Å². The topological polar surface area (TPSA) is 97.1 Å². The average molecular weight is 266 g/mol. The standard InChI is InChI=1S/C10H10N4O3S/c1-6(15)9-11-3-8(18-9)5-14-4-7(2-12-14)13-10(16)17/h2-4,13H,5H2,1H3,(H,16,17). The lowest BCUT2D eigenvalue weighted by atomic mass is 10.5. The molecule has 18 heavy (non-hydrogen) atoms. The van der Waals surface area contributed by atoms with Crippen LogP contribution >= 0.6 is 11.3 Å². The van der Waals surface area contributed by atoms with Crippen LogP contribution in [0, 0.1) is 0 Å². The van der Waals surface area contributed by atoms with E-state index < -0.39 is 6.09 Å². The summed E-state index contributed by atoms with van der Waals surface area (Å²) in [4.78, 5) is 26.4. The number of aromatic nitrogens is 3. The van der Waals surface area contributed by atoms with Crippen molar-refractivity contribution < 1.29 is 14.7 Å². The average Bonchev–Trinajstić information content (AvgIpc) is 2.88. The van der Waals surface area contributed by atoms with Crippen LogP contribution in [-0.2, 0) is 6.54 Å². The van der Waals surface area contributed by atoms with Crippen LogP contribution in [0.1, 0.15) is 21.6 Å². The Balaban J connectivity index is 2.06. The minimum atomic E-state index is -1.13. The molecule has 8 heteroatoms. The van der Waals surface area contributed by atoms with Gasteiger partial charge in [-0.25, -0.2) is 9.78 Å². The van der Waals surface area contributed by atoms with Crippen LogP contribution in [0.15, 0.2) is 18.6 Å². The highest BCUT2D eigenvalue weighted by Gasteiger charge is 2.08. The molecule has 0 bridgehead atoms. The number of hydrogen-bond acceptors (Lipinski definition) is 5. The van der Waals surface area contributed by atoms with Crippen molar-refractivity contribution in [1.82, 2.24) is 14.8 Å². The van der Waals surface area contributed by atoms with Crippen molar-refractivity contribution in [3.05, 3.63) is 28.5 Å². The van der Waals surface area contributed by atoms with Crippen molar-refractivity contribution >= 4 is 28.9 Å². The molecule has 2 aromatic heterocycles. The van der Waals surface area contributed by atoms with Gasteiger partial charge in [0.05, 0.1) is 18.4 Å². The van der Waals surface area contributed by atoms with E-state index in [2.05, 4.69) is 15.4 Å². The first-order valence-corrected chi connectivity index (χ1v) is 5.84. The zero-order valence-corrected chi connectivity index (χ0v) is 10.3. The lowest BCUT2D eigenvalue weighted by molar-refractivity contribution is 0.101. The first-order valence-electron chi connectivity index (χ1n) is 5.02. The molecule has 94 valence electrons. The van der Waals surface area contributed by atoms with Crippen LogP contribution < -0.4 is 5.32 Å². The van der Waals surface area contributed by atoms with Gasteiger partial charge in [0, 0.05) is 24.2 Å². The summed E-state index contributed by atoms with van der Waals surface area (Å²) in [5.41, 5.74) is 0.402. The third-order valence-corrected chi connectivity index (χ3v) is 3.14. The monoisotopic (exact) mass is 266 g/mol. The van der Waals surface area contributed by atoms with E-state index in [0.717, 1.165) is 4.88 Å². The number of anilines is 1. The van der Waals surface area contributed by atoms with E-state index in [1.165, 1.54) is 24.5 Å². The molecule has 7 nitrogen and oxygen atoms in total. The van der Waals surface area contributed by atoms with Crippen molar-refractivity contribution in [1.29, 1.82) is 0 Å². The molecule has 0 aromatic carbocycles. The highest BCUT2D eigenvalue weighted by Crippen LogP contribution is 2.15. The van der Waals surface area contributed by atoms with Crippen LogP contribution in [0.5, 0.6) is 0 Å². The number of rotatable bonds is 4. The highest BCUT2D eigenvalue weighted by atomic mass is 32.1. The van der Waals surface area contributed by atoms with Gasteiger partial charge in [0.25, 0.3) is 0 Å². The minimum Gasteiger partial charge on any atom is -0.465 e. The normalized spacial score (nSPS) is 10.3. The Morgan fingerprint density at radius 2 is 2.28 bits per heavy atom. The van der Waals surface area contributed by atoms with Gasteiger partial charge in [0.1, 0.15) is 0 Å². The van der Waals surface area contributed by atoms with Gasteiger partial charge in [-0.15, -0.1) is 11.3 Å². The predicted molar refractivity (Wildman–Crippen MR) is 65.1 cm³/mol. The lowest BCUT2D eigenvalue weighted by Crippen LogP contribution is -2.06. The molecule has 2 N–H and O–H groups in total. The van der Waals surface area contributed by atoms with Crippen molar-refractivity contribution in [3.8, 4) is 0 Å². The van der Waals surface area contributed by atoms with Crippen LogP contribution in [0.3, 0.4) is 0 Å². The van der Waals surface area contributed by atoms with Crippen LogP contribution in [-0.4, -0.2) is 31.7 Å². The van der Waals surface area contributed by atoms with Crippen molar-refractivity contribution in [3.63, 3.8) is 0 Å². The van der Waals surface area contributed by atoms with Gasteiger partial charge in [0.15, 0.2) is 10.8 Å². The third kappa shape index (κ3) is 2.92. The Morgan fingerprint density at radius 1 is 1.50 bits per heavy atom. The van der Waals surface area contributed by atoms with E-state index in [0.29, 0.717) is 17.2 Å². The lowest BCUT2D eigenvalue weighted by Gasteiger charge is -1.96.